The van der Waals surface area contributed by atoms with E-state index in [1.54, 1.807) is 0 Å². The van der Waals surface area contributed by atoms with Crippen molar-refractivity contribution in [2.45, 2.75) is 31.2 Å². The van der Waals surface area contributed by atoms with Crippen LogP contribution in [0.25, 0.3) is 11.2 Å². The number of ether oxygens (including phenoxy) is 1. The molecular weight excluding hydrogens is 550 g/mol. The summed E-state index contributed by atoms with van der Waals surface area (Å²) >= 11 is 6.23. The van der Waals surface area contributed by atoms with Crippen molar-refractivity contribution in [3.8, 4) is 0 Å². The van der Waals surface area contributed by atoms with Crippen LogP contribution in [0.1, 0.15) is 18.0 Å². The summed E-state index contributed by atoms with van der Waals surface area (Å²) in [5.74, 6) is -1.46. The number of methoxy groups -OCH3 is 1. The van der Waals surface area contributed by atoms with Gasteiger partial charge >= 0.3 is 15.2 Å². The number of rotatable bonds is 10. The molecule has 2 heterocycles. The summed E-state index contributed by atoms with van der Waals surface area (Å²) in [7, 11) is -6.15. The quantitative estimate of drug-likeness (QED) is 0.202. The lowest BCUT2D eigenvalue weighted by molar-refractivity contribution is -0.0319. The van der Waals surface area contributed by atoms with Gasteiger partial charge in [0.2, 0.25) is 5.28 Å². The van der Waals surface area contributed by atoms with E-state index < -0.39 is 45.3 Å². The van der Waals surface area contributed by atoms with Crippen LogP contribution in [0.4, 0.5) is 5.82 Å². The maximum atomic E-state index is 12.1. The minimum atomic E-state index is -4.77. The zero-order valence-corrected chi connectivity index (χ0v) is 22.4. The fraction of sp³-hybridized carbons (Fsp3) is 0.500. The smallest absolute Gasteiger partial charge is 0.340 e. The van der Waals surface area contributed by atoms with Gasteiger partial charge in [0.15, 0.2) is 22.9 Å². The number of hydrogen-bond donors (Lipinski definition) is 4. The number of aliphatic hydroxyl groups is 1. The van der Waals surface area contributed by atoms with Crippen LogP contribution < -0.4 is 4.90 Å². The van der Waals surface area contributed by atoms with Crippen molar-refractivity contribution in [3.63, 3.8) is 0 Å². The average Bonchev–Trinajstić information content (AvgIpc) is 3.36. The molecule has 1 fully saturated rings. The number of aromatic nitrogens is 5. The number of hydrogen-bond acceptors (Lipinski definition) is 10. The van der Waals surface area contributed by atoms with Crippen molar-refractivity contribution in [1.82, 2.24) is 25.0 Å². The molecule has 37 heavy (non-hydrogen) atoms. The highest BCUT2D eigenvalue weighted by Crippen LogP contribution is 2.56. The summed E-state index contributed by atoms with van der Waals surface area (Å²) in [6, 6.07) is 9.02. The molecule has 4 rings (SSSR count). The Bertz CT molecular complexity index is 1340. The van der Waals surface area contributed by atoms with Crippen LogP contribution in [-0.4, -0.2) is 83.6 Å². The van der Waals surface area contributed by atoms with Crippen LogP contribution >= 0.6 is 26.8 Å². The van der Waals surface area contributed by atoms with Crippen LogP contribution in [0.15, 0.2) is 30.3 Å². The molecule has 1 aliphatic carbocycles. The van der Waals surface area contributed by atoms with Crippen molar-refractivity contribution in [2.24, 2.45) is 5.92 Å². The minimum Gasteiger partial charge on any atom is -0.388 e. The van der Waals surface area contributed by atoms with Gasteiger partial charge in [-0.3, -0.25) is 9.13 Å². The van der Waals surface area contributed by atoms with E-state index in [1.807, 2.05) is 42.3 Å². The maximum Gasteiger partial charge on any atom is 0.340 e. The first-order chi connectivity index (χ1) is 17.4. The van der Waals surface area contributed by atoms with Gasteiger partial charge in [0.25, 0.3) is 0 Å². The third-order valence-electron chi connectivity index (χ3n) is 6.08. The Morgan fingerprint density at radius 2 is 1.89 bits per heavy atom. The van der Waals surface area contributed by atoms with Gasteiger partial charge in [-0.2, -0.15) is 9.97 Å². The third kappa shape index (κ3) is 6.54. The molecule has 14 nitrogen and oxygen atoms in total. The number of nitrogens with zero attached hydrogens (tertiary/aromatic N) is 6. The van der Waals surface area contributed by atoms with Crippen molar-refractivity contribution in [2.75, 3.05) is 31.6 Å². The predicted molar refractivity (Wildman–Crippen MR) is 133 cm³/mol. The second-order valence-electron chi connectivity index (χ2n) is 8.86. The van der Waals surface area contributed by atoms with Crippen molar-refractivity contribution < 1.29 is 38.2 Å². The molecule has 0 amide bonds. The lowest BCUT2D eigenvalue weighted by atomic mass is 10.1. The van der Waals surface area contributed by atoms with E-state index in [0.29, 0.717) is 17.9 Å². The molecule has 0 spiro atoms. The molecule has 0 bridgehead atoms. The SMILES string of the molecule is CO[C@@H]1[C@@H](COP(=O)(O)CP(=O)(O)O)C[C@@H](n2nnc3c(N(C)Cc4ccccc4)nc(Cl)nc32)[C@@H]1O. The number of anilines is 1. The Morgan fingerprint density at radius 1 is 1.19 bits per heavy atom. The second kappa shape index (κ2) is 11.0. The standard InChI is InChI=1S/C20H27ClN6O8P2/c1-26(9-12-6-4-3-5-7-12)18-15-19(23-20(21)22-18)27(25-24-15)14-8-13(17(34-2)16(14)28)10-35-37(32,33)11-36(29,30)31/h3-7,13-14,16-17,28H,8-11H2,1-2H3,(H,32,33)(H2,29,30,31)/t13-,14-,16+,17-/m1/s1. The van der Waals surface area contributed by atoms with Gasteiger partial charge in [-0.05, 0) is 23.6 Å². The van der Waals surface area contributed by atoms with Crippen LogP contribution in [0, 0.1) is 5.92 Å². The van der Waals surface area contributed by atoms with Gasteiger partial charge in [0.05, 0.1) is 18.8 Å². The van der Waals surface area contributed by atoms with Gasteiger partial charge in [-0.25, -0.2) is 4.68 Å². The molecule has 1 saturated carbocycles. The topological polar surface area (TPSA) is 193 Å². The molecule has 4 N–H and O–H groups in total. The van der Waals surface area contributed by atoms with Crippen molar-refractivity contribution in [1.29, 1.82) is 0 Å². The van der Waals surface area contributed by atoms with Crippen molar-refractivity contribution >= 4 is 43.8 Å². The van der Waals surface area contributed by atoms with E-state index >= 15 is 0 Å². The monoisotopic (exact) mass is 576 g/mol. The van der Waals surface area contributed by atoms with E-state index in [4.69, 9.17) is 30.6 Å². The first kappa shape index (κ1) is 28.0. The summed E-state index contributed by atoms with van der Waals surface area (Å²) in [6.07, 6.45) is -1.76. The zero-order valence-electron chi connectivity index (χ0n) is 19.9. The normalized spacial score (nSPS) is 23.9. The molecular formula is C20H27ClN6O8P2. The number of halogens is 1. The lowest BCUT2D eigenvalue weighted by Gasteiger charge is -2.22. The number of benzene rings is 1. The molecule has 1 aromatic carbocycles. The minimum absolute atomic E-state index is 0.0414. The Morgan fingerprint density at radius 3 is 2.54 bits per heavy atom. The first-order valence-corrected chi connectivity index (χ1v) is 15.1. The van der Waals surface area contributed by atoms with Crippen LogP contribution in [-0.2, 0) is 24.9 Å². The summed E-state index contributed by atoms with van der Waals surface area (Å²) in [4.78, 5) is 38.3. The summed E-state index contributed by atoms with van der Waals surface area (Å²) in [6.45, 7) is 0.135. The van der Waals surface area contributed by atoms with Gasteiger partial charge in [-0.1, -0.05) is 35.5 Å². The molecule has 2 aromatic heterocycles. The van der Waals surface area contributed by atoms with E-state index in [1.165, 1.54) is 11.8 Å². The average molecular weight is 577 g/mol. The van der Waals surface area contributed by atoms with Crippen LogP contribution in [0.3, 0.4) is 0 Å². The van der Waals surface area contributed by atoms with Gasteiger partial charge in [0, 0.05) is 26.6 Å². The highest BCUT2D eigenvalue weighted by molar-refractivity contribution is 7.70. The summed E-state index contributed by atoms with van der Waals surface area (Å²) in [5, 5.41) is 19.4. The maximum absolute atomic E-state index is 12.1. The summed E-state index contributed by atoms with van der Waals surface area (Å²) in [5.41, 5.74) is 1.69. The highest BCUT2D eigenvalue weighted by Gasteiger charge is 2.46. The van der Waals surface area contributed by atoms with Crippen LogP contribution in [0.5, 0.6) is 0 Å². The molecule has 1 unspecified atom stereocenters. The second-order valence-corrected chi connectivity index (χ2v) is 13.2. The summed E-state index contributed by atoms with van der Waals surface area (Å²) < 4.78 is 35.0. The van der Waals surface area contributed by atoms with Gasteiger partial charge in [0.1, 0.15) is 6.10 Å². The molecule has 5 atom stereocenters. The van der Waals surface area contributed by atoms with E-state index in [0.717, 1.165) is 5.56 Å². The van der Waals surface area contributed by atoms with E-state index in [-0.39, 0.29) is 24.0 Å². The van der Waals surface area contributed by atoms with Crippen molar-refractivity contribution in [3.05, 3.63) is 41.2 Å². The Labute approximate surface area is 216 Å². The Hall–Kier alpha value is -1.99. The predicted octanol–water partition coefficient (Wildman–Crippen LogP) is 1.79. The van der Waals surface area contributed by atoms with Gasteiger partial charge < -0.3 is 33.9 Å². The molecule has 3 aromatic rings. The Kier molecular flexibility index (Phi) is 8.34. The fourth-order valence-electron chi connectivity index (χ4n) is 4.52. The third-order valence-corrected chi connectivity index (χ3v) is 9.71. The molecule has 0 saturated heterocycles. The highest BCUT2D eigenvalue weighted by atomic mass is 35.5. The molecule has 0 aliphatic heterocycles. The molecule has 202 valence electrons. The zero-order chi connectivity index (χ0) is 27.0. The number of fused-ring (bicyclic) bond motifs is 1. The molecule has 17 heteroatoms. The lowest BCUT2D eigenvalue weighted by Crippen LogP contribution is -2.33. The van der Waals surface area contributed by atoms with E-state index in [9.17, 15) is 19.1 Å². The Balaban J connectivity index is 1.58. The first-order valence-electron chi connectivity index (χ1n) is 11.1. The largest absolute Gasteiger partial charge is 0.388 e. The number of aliphatic hydroxyl groups excluding tert-OH is 1. The molecule has 0 radical (unpaired) electrons. The van der Waals surface area contributed by atoms with Gasteiger partial charge in [-0.15, -0.1) is 5.10 Å². The van der Waals surface area contributed by atoms with Crippen LogP contribution in [0.2, 0.25) is 5.28 Å². The molecule has 1 aliphatic rings. The van der Waals surface area contributed by atoms with E-state index in [2.05, 4.69) is 20.3 Å². The fourth-order valence-corrected chi connectivity index (χ4v) is 7.29.